The Bertz CT molecular complexity index is 218. The van der Waals surface area contributed by atoms with Gasteiger partial charge < -0.3 is 5.11 Å². The third-order valence-corrected chi connectivity index (χ3v) is 3.16. The van der Waals surface area contributed by atoms with Crippen molar-refractivity contribution in [3.63, 3.8) is 0 Å². The van der Waals surface area contributed by atoms with Crippen molar-refractivity contribution in [3.8, 4) is 0 Å². The number of hydrogen-bond donors (Lipinski definition) is 1. The van der Waals surface area contributed by atoms with Crippen LogP contribution in [0.5, 0.6) is 0 Å². The topological polar surface area (TPSA) is 54.4 Å². The summed E-state index contributed by atoms with van der Waals surface area (Å²) in [7, 11) is 0. The number of carboxylic acids is 1. The summed E-state index contributed by atoms with van der Waals surface area (Å²) in [6.07, 6.45) is 3.02. The van der Waals surface area contributed by atoms with E-state index < -0.39 is 5.97 Å². The first kappa shape index (κ1) is 7.77. The summed E-state index contributed by atoms with van der Waals surface area (Å²) in [4.78, 5) is 22.0. The minimum Gasteiger partial charge on any atom is -0.481 e. The third-order valence-electron chi connectivity index (χ3n) is 3.16. The Morgan fingerprint density at radius 2 is 1.75 bits per heavy atom. The molecule has 12 heavy (non-hydrogen) atoms. The molecular formula is C9H12O3. The van der Waals surface area contributed by atoms with Crippen molar-refractivity contribution in [2.75, 3.05) is 0 Å². The van der Waals surface area contributed by atoms with E-state index in [4.69, 9.17) is 5.11 Å². The fourth-order valence-corrected chi connectivity index (χ4v) is 2.47. The van der Waals surface area contributed by atoms with Gasteiger partial charge in [0, 0.05) is 11.8 Å². The van der Waals surface area contributed by atoms with Gasteiger partial charge >= 0.3 is 5.97 Å². The minimum atomic E-state index is -0.723. The standard InChI is InChI=1S/C9H12O3/c10-8-5-1-2-6(8)4-7(3-5)9(11)12/h5-7H,1-4H2,(H,11,12)/t5-,6+,7+. The van der Waals surface area contributed by atoms with Crippen molar-refractivity contribution >= 4 is 11.8 Å². The Morgan fingerprint density at radius 1 is 1.25 bits per heavy atom. The number of Topliss-reactive ketones (excluding diaryl/α,β-unsaturated/α-hetero) is 1. The van der Waals surface area contributed by atoms with Crippen LogP contribution in [0.15, 0.2) is 0 Å². The predicted molar refractivity (Wildman–Crippen MR) is 41.6 cm³/mol. The van der Waals surface area contributed by atoms with E-state index >= 15 is 0 Å². The highest BCUT2D eigenvalue weighted by Gasteiger charge is 2.43. The number of ketones is 1. The van der Waals surface area contributed by atoms with Crippen molar-refractivity contribution in [1.29, 1.82) is 0 Å². The summed E-state index contributed by atoms with van der Waals surface area (Å²) in [5, 5.41) is 8.78. The third kappa shape index (κ3) is 1.04. The second-order valence-electron chi connectivity index (χ2n) is 3.88. The van der Waals surface area contributed by atoms with E-state index in [9.17, 15) is 9.59 Å². The number of aliphatic carboxylic acids is 1. The van der Waals surface area contributed by atoms with Crippen LogP contribution < -0.4 is 0 Å². The van der Waals surface area contributed by atoms with Gasteiger partial charge in [-0.15, -0.1) is 0 Å². The average Bonchev–Trinajstić information content (AvgIpc) is 2.30. The molecule has 2 aliphatic rings. The number of fused-ring (bicyclic) bond motifs is 2. The van der Waals surface area contributed by atoms with Gasteiger partial charge in [-0.1, -0.05) is 0 Å². The Morgan fingerprint density at radius 3 is 2.17 bits per heavy atom. The molecule has 0 aromatic carbocycles. The van der Waals surface area contributed by atoms with Gasteiger partial charge in [0.05, 0.1) is 5.92 Å². The van der Waals surface area contributed by atoms with Gasteiger partial charge in [-0.3, -0.25) is 9.59 Å². The largest absolute Gasteiger partial charge is 0.481 e. The van der Waals surface area contributed by atoms with Gasteiger partial charge in [0.25, 0.3) is 0 Å². The number of rotatable bonds is 1. The summed E-state index contributed by atoms with van der Waals surface area (Å²) in [5.41, 5.74) is 0. The van der Waals surface area contributed by atoms with Crippen molar-refractivity contribution < 1.29 is 14.7 Å². The smallest absolute Gasteiger partial charge is 0.306 e. The zero-order chi connectivity index (χ0) is 8.72. The fourth-order valence-electron chi connectivity index (χ4n) is 2.47. The monoisotopic (exact) mass is 168 g/mol. The molecule has 0 unspecified atom stereocenters. The highest BCUT2D eigenvalue weighted by Crippen LogP contribution is 2.41. The number of carbonyl (C=O) groups excluding carboxylic acids is 1. The summed E-state index contributed by atoms with van der Waals surface area (Å²) in [5.74, 6) is -0.498. The number of carbonyl (C=O) groups is 2. The molecule has 3 atom stereocenters. The zero-order valence-electron chi connectivity index (χ0n) is 6.82. The van der Waals surface area contributed by atoms with Crippen molar-refractivity contribution in [3.05, 3.63) is 0 Å². The van der Waals surface area contributed by atoms with Gasteiger partial charge in [0.1, 0.15) is 5.78 Å². The molecule has 0 aliphatic heterocycles. The predicted octanol–water partition coefficient (Wildman–Crippen LogP) is 1.08. The molecule has 1 N–H and O–H groups in total. The second kappa shape index (κ2) is 2.57. The molecule has 0 aromatic heterocycles. The molecule has 2 rings (SSSR count). The normalized spacial score (nSPS) is 40.0. The quantitative estimate of drug-likeness (QED) is 0.637. The maximum atomic E-state index is 11.4. The lowest BCUT2D eigenvalue weighted by molar-refractivity contribution is -0.145. The van der Waals surface area contributed by atoms with Crippen LogP contribution >= 0.6 is 0 Å². The fraction of sp³-hybridized carbons (Fsp3) is 0.778. The Hall–Kier alpha value is -0.860. The second-order valence-corrected chi connectivity index (χ2v) is 3.88. The summed E-state index contributed by atoms with van der Waals surface area (Å²) in [6, 6.07) is 0. The van der Waals surface area contributed by atoms with Crippen LogP contribution in [0.2, 0.25) is 0 Å². The molecule has 2 saturated carbocycles. The highest BCUT2D eigenvalue weighted by molar-refractivity contribution is 5.88. The highest BCUT2D eigenvalue weighted by atomic mass is 16.4. The van der Waals surface area contributed by atoms with Crippen LogP contribution in [0.25, 0.3) is 0 Å². The molecule has 0 heterocycles. The lowest BCUT2D eigenvalue weighted by Gasteiger charge is -2.23. The molecular weight excluding hydrogens is 156 g/mol. The van der Waals surface area contributed by atoms with Crippen LogP contribution in [0, 0.1) is 17.8 Å². The van der Waals surface area contributed by atoms with E-state index in [1.807, 2.05) is 0 Å². The molecule has 3 heteroatoms. The summed E-state index contributed by atoms with van der Waals surface area (Å²) in [6.45, 7) is 0. The maximum absolute atomic E-state index is 11.4. The SMILES string of the molecule is O=C(O)[C@H]1C[C@H]2CC[C@@H](C1)C2=O. The average molecular weight is 168 g/mol. The Kier molecular flexibility index (Phi) is 1.67. The van der Waals surface area contributed by atoms with Crippen LogP contribution in [0.3, 0.4) is 0 Å². The first-order chi connectivity index (χ1) is 5.68. The maximum Gasteiger partial charge on any atom is 0.306 e. The van der Waals surface area contributed by atoms with Crippen LogP contribution in [0.4, 0.5) is 0 Å². The minimum absolute atomic E-state index is 0.0739. The van der Waals surface area contributed by atoms with Crippen molar-refractivity contribution in [2.24, 2.45) is 17.8 Å². The number of carboxylic acid groups (broad SMARTS) is 1. The van der Waals surface area contributed by atoms with Gasteiger partial charge in [-0.2, -0.15) is 0 Å². The van der Waals surface area contributed by atoms with E-state index in [1.165, 1.54) is 0 Å². The molecule has 66 valence electrons. The zero-order valence-corrected chi connectivity index (χ0v) is 6.82. The van der Waals surface area contributed by atoms with Crippen LogP contribution in [-0.4, -0.2) is 16.9 Å². The van der Waals surface area contributed by atoms with Crippen LogP contribution in [-0.2, 0) is 9.59 Å². The van der Waals surface area contributed by atoms with E-state index in [-0.39, 0.29) is 17.8 Å². The van der Waals surface area contributed by atoms with E-state index in [2.05, 4.69) is 0 Å². The van der Waals surface area contributed by atoms with Gasteiger partial charge in [0.2, 0.25) is 0 Å². The first-order valence-corrected chi connectivity index (χ1v) is 4.45. The molecule has 0 aromatic rings. The summed E-state index contributed by atoms with van der Waals surface area (Å²) >= 11 is 0. The lowest BCUT2D eigenvalue weighted by Crippen LogP contribution is -2.30. The Balaban J connectivity index is 2.12. The molecule has 3 nitrogen and oxygen atoms in total. The van der Waals surface area contributed by atoms with Crippen molar-refractivity contribution in [1.82, 2.24) is 0 Å². The van der Waals surface area contributed by atoms with Gasteiger partial charge in [-0.25, -0.2) is 0 Å². The van der Waals surface area contributed by atoms with E-state index in [0.717, 1.165) is 12.8 Å². The molecule has 0 spiro atoms. The molecule has 0 radical (unpaired) electrons. The van der Waals surface area contributed by atoms with Crippen molar-refractivity contribution in [2.45, 2.75) is 25.7 Å². The van der Waals surface area contributed by atoms with E-state index in [0.29, 0.717) is 18.6 Å². The molecule has 2 bridgehead atoms. The van der Waals surface area contributed by atoms with Crippen LogP contribution in [0.1, 0.15) is 25.7 Å². The number of hydrogen-bond acceptors (Lipinski definition) is 2. The first-order valence-electron chi connectivity index (χ1n) is 4.45. The molecule has 2 aliphatic carbocycles. The van der Waals surface area contributed by atoms with Gasteiger partial charge in [-0.05, 0) is 25.7 Å². The molecule has 2 fully saturated rings. The lowest BCUT2D eigenvalue weighted by atomic mass is 9.80. The Labute approximate surface area is 70.8 Å². The van der Waals surface area contributed by atoms with E-state index in [1.54, 1.807) is 0 Å². The summed E-state index contributed by atoms with van der Waals surface area (Å²) < 4.78 is 0. The molecule has 0 amide bonds. The van der Waals surface area contributed by atoms with Gasteiger partial charge in [0.15, 0.2) is 0 Å². The molecule has 0 saturated heterocycles.